The summed E-state index contributed by atoms with van der Waals surface area (Å²) in [6.07, 6.45) is 3.78. The lowest BCUT2D eigenvalue weighted by Crippen LogP contribution is -2.33. The second-order valence-electron chi connectivity index (χ2n) is 6.15. The third-order valence-corrected chi connectivity index (χ3v) is 5.89. The van der Waals surface area contributed by atoms with Crippen molar-refractivity contribution in [3.05, 3.63) is 45.2 Å². The van der Waals surface area contributed by atoms with Crippen LogP contribution in [0.3, 0.4) is 0 Å². The SMILES string of the molecule is CCOc1c(F)cccc1C(=O)N(C)[C@@H]1CCCc2nc(CC)sc21. The summed E-state index contributed by atoms with van der Waals surface area (Å²) in [6, 6.07) is 4.48. The lowest BCUT2D eigenvalue weighted by molar-refractivity contribution is 0.0712. The number of carbonyl (C=O) groups excluding carboxylic acids is 1. The van der Waals surface area contributed by atoms with Crippen molar-refractivity contribution in [3.63, 3.8) is 0 Å². The summed E-state index contributed by atoms with van der Waals surface area (Å²) in [6.45, 7) is 4.18. The summed E-state index contributed by atoms with van der Waals surface area (Å²) >= 11 is 1.69. The predicted molar refractivity (Wildman–Crippen MR) is 96.8 cm³/mol. The van der Waals surface area contributed by atoms with Gasteiger partial charge in [0.05, 0.1) is 33.8 Å². The van der Waals surface area contributed by atoms with Gasteiger partial charge in [-0.25, -0.2) is 9.37 Å². The van der Waals surface area contributed by atoms with E-state index >= 15 is 0 Å². The Morgan fingerprint density at radius 2 is 2.24 bits per heavy atom. The maximum Gasteiger partial charge on any atom is 0.258 e. The summed E-state index contributed by atoms with van der Waals surface area (Å²) < 4.78 is 19.5. The molecular formula is C19H23FN2O2S. The number of hydrogen-bond donors (Lipinski definition) is 0. The van der Waals surface area contributed by atoms with Gasteiger partial charge in [-0.15, -0.1) is 11.3 Å². The number of aryl methyl sites for hydroxylation is 2. The van der Waals surface area contributed by atoms with Crippen LogP contribution >= 0.6 is 11.3 Å². The Morgan fingerprint density at radius 3 is 2.96 bits per heavy atom. The molecule has 1 aromatic carbocycles. The first-order chi connectivity index (χ1) is 12.1. The molecule has 134 valence electrons. The first kappa shape index (κ1) is 17.9. The van der Waals surface area contributed by atoms with Crippen molar-refractivity contribution < 1.29 is 13.9 Å². The quantitative estimate of drug-likeness (QED) is 0.792. The number of fused-ring (bicyclic) bond motifs is 1. The molecule has 0 radical (unpaired) electrons. The molecule has 1 atom stereocenters. The fourth-order valence-corrected chi connectivity index (χ4v) is 4.50. The summed E-state index contributed by atoms with van der Waals surface area (Å²) in [5.41, 5.74) is 1.39. The largest absolute Gasteiger partial charge is 0.490 e. The molecular weight excluding hydrogens is 339 g/mol. The normalized spacial score (nSPS) is 16.4. The predicted octanol–water partition coefficient (Wildman–Crippen LogP) is 4.39. The van der Waals surface area contributed by atoms with Gasteiger partial charge in [-0.2, -0.15) is 0 Å². The standard InChI is InChI=1S/C19H23FN2O2S/c1-4-16-21-14-10-7-11-15(18(14)25-16)22(3)19(23)12-8-6-9-13(20)17(12)24-5-2/h6,8-9,15H,4-5,7,10-11H2,1-3H3/t15-/m1/s1. The van der Waals surface area contributed by atoms with Gasteiger partial charge in [-0.05, 0) is 44.7 Å². The molecule has 4 nitrogen and oxygen atoms in total. The molecule has 0 bridgehead atoms. The van der Waals surface area contributed by atoms with Crippen molar-refractivity contribution in [2.75, 3.05) is 13.7 Å². The van der Waals surface area contributed by atoms with Crippen LogP contribution in [-0.2, 0) is 12.8 Å². The monoisotopic (exact) mass is 362 g/mol. The smallest absolute Gasteiger partial charge is 0.258 e. The number of aromatic nitrogens is 1. The Morgan fingerprint density at radius 1 is 1.44 bits per heavy atom. The lowest BCUT2D eigenvalue weighted by atomic mass is 9.96. The van der Waals surface area contributed by atoms with Gasteiger partial charge in [0.15, 0.2) is 11.6 Å². The topological polar surface area (TPSA) is 42.4 Å². The third kappa shape index (κ3) is 3.40. The lowest BCUT2D eigenvalue weighted by Gasteiger charge is -2.31. The zero-order valence-electron chi connectivity index (χ0n) is 14.8. The molecule has 0 aliphatic heterocycles. The molecule has 0 fully saturated rings. The van der Waals surface area contributed by atoms with Crippen molar-refractivity contribution in [1.82, 2.24) is 9.88 Å². The Hall–Kier alpha value is -1.95. The number of rotatable bonds is 5. The Labute approximate surface area is 151 Å². The van der Waals surface area contributed by atoms with Gasteiger partial charge >= 0.3 is 0 Å². The van der Waals surface area contributed by atoms with Gasteiger partial charge in [0.2, 0.25) is 0 Å². The van der Waals surface area contributed by atoms with Crippen LogP contribution in [0.4, 0.5) is 4.39 Å². The van der Waals surface area contributed by atoms with Crippen LogP contribution < -0.4 is 4.74 Å². The van der Waals surface area contributed by atoms with Crippen LogP contribution in [0.15, 0.2) is 18.2 Å². The molecule has 1 heterocycles. The minimum Gasteiger partial charge on any atom is -0.490 e. The number of amides is 1. The van der Waals surface area contributed by atoms with E-state index in [0.29, 0.717) is 6.61 Å². The van der Waals surface area contributed by atoms with Gasteiger partial charge in [-0.3, -0.25) is 4.79 Å². The number of para-hydroxylation sites is 1. The van der Waals surface area contributed by atoms with Gasteiger partial charge < -0.3 is 9.64 Å². The minimum absolute atomic E-state index is 0.00760. The van der Waals surface area contributed by atoms with E-state index in [-0.39, 0.29) is 23.3 Å². The number of thiazole rings is 1. The maximum atomic E-state index is 14.1. The summed E-state index contributed by atoms with van der Waals surface area (Å²) in [5, 5.41) is 1.11. The zero-order chi connectivity index (χ0) is 18.0. The van der Waals surface area contributed by atoms with Gasteiger partial charge in [0.1, 0.15) is 0 Å². The van der Waals surface area contributed by atoms with Crippen molar-refractivity contribution in [1.29, 1.82) is 0 Å². The molecule has 3 rings (SSSR count). The van der Waals surface area contributed by atoms with Crippen LogP contribution in [0.25, 0.3) is 0 Å². The fourth-order valence-electron chi connectivity index (χ4n) is 3.27. The first-order valence-corrected chi connectivity index (χ1v) is 9.55. The van der Waals surface area contributed by atoms with Crippen molar-refractivity contribution in [2.45, 2.75) is 45.6 Å². The van der Waals surface area contributed by atoms with E-state index in [1.54, 1.807) is 42.3 Å². The summed E-state index contributed by atoms with van der Waals surface area (Å²) in [7, 11) is 1.79. The Balaban J connectivity index is 1.92. The van der Waals surface area contributed by atoms with Gasteiger partial charge in [-0.1, -0.05) is 13.0 Å². The van der Waals surface area contributed by atoms with Crippen LogP contribution in [0, 0.1) is 5.82 Å². The number of benzene rings is 1. The second-order valence-corrected chi connectivity index (χ2v) is 7.26. The molecule has 25 heavy (non-hydrogen) atoms. The molecule has 0 saturated carbocycles. The number of carbonyl (C=O) groups is 1. The molecule has 1 aromatic heterocycles. The van der Waals surface area contributed by atoms with Gasteiger partial charge in [0.25, 0.3) is 5.91 Å². The van der Waals surface area contributed by atoms with Crippen molar-refractivity contribution >= 4 is 17.2 Å². The van der Waals surface area contributed by atoms with E-state index in [1.807, 2.05) is 0 Å². The Bertz CT molecular complexity index is 775. The molecule has 6 heteroatoms. The molecule has 0 unspecified atom stereocenters. The zero-order valence-corrected chi connectivity index (χ0v) is 15.7. The highest BCUT2D eigenvalue weighted by Crippen LogP contribution is 2.38. The molecule has 1 aliphatic carbocycles. The first-order valence-electron chi connectivity index (χ1n) is 8.73. The van der Waals surface area contributed by atoms with Crippen LogP contribution in [0.5, 0.6) is 5.75 Å². The van der Waals surface area contributed by atoms with Gasteiger partial charge in [0, 0.05) is 7.05 Å². The molecule has 2 aromatic rings. The molecule has 0 spiro atoms. The van der Waals surface area contributed by atoms with E-state index in [9.17, 15) is 9.18 Å². The molecule has 1 amide bonds. The second kappa shape index (κ2) is 7.52. The Kier molecular flexibility index (Phi) is 5.37. The molecule has 0 N–H and O–H groups in total. The molecule has 1 aliphatic rings. The van der Waals surface area contributed by atoms with E-state index in [0.717, 1.165) is 36.4 Å². The van der Waals surface area contributed by atoms with Crippen molar-refractivity contribution in [2.24, 2.45) is 0 Å². The van der Waals surface area contributed by atoms with E-state index in [1.165, 1.54) is 10.9 Å². The third-order valence-electron chi connectivity index (χ3n) is 4.54. The number of hydrogen-bond acceptors (Lipinski definition) is 4. The molecule has 0 saturated heterocycles. The van der Waals surface area contributed by atoms with Crippen LogP contribution in [-0.4, -0.2) is 29.4 Å². The number of halogens is 1. The maximum absolute atomic E-state index is 14.1. The summed E-state index contributed by atoms with van der Waals surface area (Å²) in [5.74, 6) is -0.680. The fraction of sp³-hybridized carbons (Fsp3) is 0.474. The van der Waals surface area contributed by atoms with Crippen molar-refractivity contribution in [3.8, 4) is 5.75 Å². The van der Waals surface area contributed by atoms with E-state index in [4.69, 9.17) is 9.72 Å². The van der Waals surface area contributed by atoms with E-state index < -0.39 is 5.82 Å². The summed E-state index contributed by atoms with van der Waals surface area (Å²) in [4.78, 5) is 20.6. The van der Waals surface area contributed by atoms with E-state index in [2.05, 4.69) is 6.92 Å². The average molecular weight is 362 g/mol. The highest BCUT2D eigenvalue weighted by atomic mass is 32.1. The number of ether oxygens (including phenoxy) is 1. The highest BCUT2D eigenvalue weighted by Gasteiger charge is 2.31. The number of nitrogens with zero attached hydrogens (tertiary/aromatic N) is 2. The average Bonchev–Trinajstić information content (AvgIpc) is 3.05. The highest BCUT2D eigenvalue weighted by molar-refractivity contribution is 7.11. The van der Waals surface area contributed by atoms with Crippen LogP contribution in [0.1, 0.15) is 58.7 Å². The van der Waals surface area contributed by atoms with Crippen LogP contribution in [0.2, 0.25) is 0 Å². The minimum atomic E-state index is -0.503.